The smallest absolute Gasteiger partial charge is 0.260 e. The zero-order valence-electron chi connectivity index (χ0n) is 24.7. The van der Waals surface area contributed by atoms with Gasteiger partial charge in [-0.15, -0.1) is 0 Å². The Morgan fingerprint density at radius 3 is 2.39 bits per heavy atom. The monoisotopic (exact) mass is 723 g/mol. The number of anilines is 1. The van der Waals surface area contributed by atoms with Crippen LogP contribution in [0.2, 0.25) is 10.0 Å². The molecule has 2 N–H and O–H groups in total. The van der Waals surface area contributed by atoms with E-state index in [-0.39, 0.29) is 29.0 Å². The molecule has 0 bridgehead atoms. The molecule has 0 radical (unpaired) electrons. The van der Waals surface area contributed by atoms with Gasteiger partial charge in [-0.05, 0) is 72.9 Å². The lowest BCUT2D eigenvalue weighted by Gasteiger charge is -2.50. The van der Waals surface area contributed by atoms with Gasteiger partial charge in [-0.1, -0.05) is 62.9 Å². The first kappa shape index (κ1) is 30.8. The number of benzene rings is 3. The first-order valence-electron chi connectivity index (χ1n) is 14.7. The van der Waals surface area contributed by atoms with E-state index in [1.54, 1.807) is 48.5 Å². The van der Waals surface area contributed by atoms with Crippen LogP contribution in [0.1, 0.15) is 29.9 Å². The summed E-state index contributed by atoms with van der Waals surface area (Å²) in [6, 6.07) is 16.6. The number of rotatable bonds is 5. The third kappa shape index (κ3) is 4.33. The third-order valence-electron chi connectivity index (χ3n) is 10.1. The largest absolute Gasteiger partial charge is 0.508 e. The average Bonchev–Trinajstić information content (AvgIpc) is 3.40. The van der Waals surface area contributed by atoms with Gasteiger partial charge in [-0.2, -0.15) is 5.01 Å². The topological polar surface area (TPSA) is 116 Å². The molecule has 9 nitrogen and oxygen atoms in total. The van der Waals surface area contributed by atoms with Crippen LogP contribution in [0.4, 0.5) is 5.69 Å². The van der Waals surface area contributed by atoms with Gasteiger partial charge in [0.1, 0.15) is 11.5 Å². The number of halogens is 3. The van der Waals surface area contributed by atoms with Gasteiger partial charge < -0.3 is 9.84 Å². The molecule has 1 saturated carbocycles. The highest BCUT2D eigenvalue weighted by Gasteiger charge is 2.70. The van der Waals surface area contributed by atoms with Crippen LogP contribution in [0.15, 0.2) is 76.8 Å². The highest BCUT2D eigenvalue weighted by molar-refractivity contribution is 9.10. The number of nitrogens with zero attached hydrogens (tertiary/aromatic N) is 2. The van der Waals surface area contributed by atoms with E-state index in [0.29, 0.717) is 38.5 Å². The van der Waals surface area contributed by atoms with Gasteiger partial charge in [0.25, 0.3) is 11.8 Å². The summed E-state index contributed by atoms with van der Waals surface area (Å²) in [7, 11) is 3.02. The molecule has 2 aliphatic heterocycles. The Morgan fingerprint density at radius 2 is 1.70 bits per heavy atom. The van der Waals surface area contributed by atoms with E-state index in [2.05, 4.69) is 21.4 Å². The number of hydrazine groups is 1. The number of carbonyl (C=O) groups is 4. The second-order valence-electron chi connectivity index (χ2n) is 12.2. The number of phenols is 1. The number of ether oxygens (including phenoxy) is 1. The molecule has 3 aromatic carbocycles. The maximum absolute atomic E-state index is 15.2. The minimum absolute atomic E-state index is 0.0677. The maximum atomic E-state index is 15.2. The zero-order valence-corrected chi connectivity index (χ0v) is 27.8. The highest BCUT2D eigenvalue weighted by atomic mass is 79.9. The molecule has 6 atom stereocenters. The van der Waals surface area contributed by atoms with Crippen LogP contribution in [0, 0.1) is 23.7 Å². The second kappa shape index (κ2) is 11.1. The van der Waals surface area contributed by atoms with Crippen LogP contribution >= 0.6 is 39.1 Å². The molecule has 4 amide bonds. The van der Waals surface area contributed by atoms with E-state index >= 15 is 4.79 Å². The van der Waals surface area contributed by atoms with Crippen LogP contribution in [0.5, 0.6) is 11.5 Å². The predicted octanol–water partition coefficient (Wildman–Crippen LogP) is 6.08. The van der Waals surface area contributed by atoms with Crippen LogP contribution in [-0.4, -0.2) is 52.8 Å². The molecule has 7 rings (SSSR count). The van der Waals surface area contributed by atoms with E-state index in [4.69, 9.17) is 27.9 Å². The molecule has 2 heterocycles. The van der Waals surface area contributed by atoms with E-state index in [9.17, 15) is 19.5 Å². The number of carbonyl (C=O) groups excluding carboxylic acids is 4. The third-order valence-corrected chi connectivity index (χ3v) is 11.1. The molecule has 0 aromatic heterocycles. The van der Waals surface area contributed by atoms with Crippen molar-refractivity contribution < 1.29 is 29.0 Å². The van der Waals surface area contributed by atoms with E-state index in [0.717, 1.165) is 10.6 Å². The lowest BCUT2D eigenvalue weighted by Crippen LogP contribution is -2.53. The molecule has 4 aliphatic rings. The van der Waals surface area contributed by atoms with Crippen molar-refractivity contribution >= 4 is 68.4 Å². The molecule has 2 aliphatic carbocycles. The molecule has 3 fully saturated rings. The lowest BCUT2D eigenvalue weighted by atomic mass is 9.49. The van der Waals surface area contributed by atoms with E-state index in [1.807, 2.05) is 6.08 Å². The predicted molar refractivity (Wildman–Crippen MR) is 174 cm³/mol. The van der Waals surface area contributed by atoms with Gasteiger partial charge in [0.15, 0.2) is 0 Å². The van der Waals surface area contributed by atoms with Crippen LogP contribution in [0.25, 0.3) is 0 Å². The summed E-state index contributed by atoms with van der Waals surface area (Å²) in [4.78, 5) is 57.7. The number of fused-ring (bicyclic) bond motifs is 4. The molecule has 0 unspecified atom stereocenters. The van der Waals surface area contributed by atoms with Crippen molar-refractivity contribution in [3.05, 3.63) is 98.0 Å². The summed E-state index contributed by atoms with van der Waals surface area (Å²) in [6.45, 7) is 0. The minimum Gasteiger partial charge on any atom is -0.508 e. The first-order chi connectivity index (χ1) is 22.0. The van der Waals surface area contributed by atoms with Gasteiger partial charge >= 0.3 is 0 Å². The van der Waals surface area contributed by atoms with E-state index < -0.39 is 46.8 Å². The normalized spacial score (nSPS) is 28.5. The number of amides is 4. The number of allylic oxidation sites excluding steroid dienone is 2. The molecule has 0 spiro atoms. The summed E-state index contributed by atoms with van der Waals surface area (Å²) in [6.07, 6.45) is 2.37. The Morgan fingerprint density at radius 1 is 0.957 bits per heavy atom. The summed E-state index contributed by atoms with van der Waals surface area (Å²) >= 11 is 16.1. The Balaban J connectivity index is 1.49. The highest BCUT2D eigenvalue weighted by Crippen LogP contribution is 2.65. The Hall–Kier alpha value is -3.86. The SMILES string of the molecule is COc1ccc([C@@]23C(=O)N(Nc4ccc(Cl)cc4Cl)C(=O)[C@@H]2C[C@@H]2C(=CC[C@@H]4C(=O)N(C)C(=O)[C@@H]42)[C@@H]3c2cc(Br)ccc2O)cc1. The number of imide groups is 2. The first-order valence-corrected chi connectivity index (χ1v) is 16.3. The van der Waals surface area contributed by atoms with Crippen molar-refractivity contribution in [1.82, 2.24) is 9.91 Å². The molecule has 3 aromatic rings. The summed E-state index contributed by atoms with van der Waals surface area (Å²) in [5.74, 6) is -4.78. The number of nitrogens with one attached hydrogen (secondary N) is 1. The molecule has 46 heavy (non-hydrogen) atoms. The van der Waals surface area contributed by atoms with Crippen LogP contribution < -0.4 is 10.2 Å². The van der Waals surface area contributed by atoms with Crippen LogP contribution in [-0.2, 0) is 24.6 Å². The lowest BCUT2D eigenvalue weighted by molar-refractivity contribution is -0.140. The second-order valence-corrected chi connectivity index (χ2v) is 13.9. The Kier molecular flexibility index (Phi) is 7.45. The van der Waals surface area contributed by atoms with Crippen molar-refractivity contribution in [3.8, 4) is 11.5 Å². The molecule has 12 heteroatoms. The molecular weight excluding hydrogens is 697 g/mol. The van der Waals surface area contributed by atoms with Gasteiger partial charge in [0.2, 0.25) is 11.8 Å². The maximum Gasteiger partial charge on any atom is 0.260 e. The van der Waals surface area contributed by atoms with Gasteiger partial charge in [0.05, 0.1) is 41.0 Å². The Bertz CT molecular complexity index is 1870. The van der Waals surface area contributed by atoms with Crippen molar-refractivity contribution in [2.24, 2.45) is 23.7 Å². The number of phenolic OH excluding ortho intramolecular Hbond substituents is 1. The van der Waals surface area contributed by atoms with Crippen molar-refractivity contribution in [2.45, 2.75) is 24.2 Å². The average molecular weight is 725 g/mol. The minimum atomic E-state index is -1.56. The fraction of sp³-hybridized carbons (Fsp3) is 0.294. The Labute approximate surface area is 283 Å². The number of aromatic hydroxyl groups is 1. The number of hydrogen-bond acceptors (Lipinski definition) is 7. The molecule has 2 saturated heterocycles. The fourth-order valence-electron chi connectivity index (χ4n) is 8.10. The number of methoxy groups -OCH3 is 1. The fourth-order valence-corrected chi connectivity index (χ4v) is 8.93. The molecular formula is C34H28BrCl2N3O6. The van der Waals surface area contributed by atoms with Crippen LogP contribution in [0.3, 0.4) is 0 Å². The van der Waals surface area contributed by atoms with Gasteiger partial charge in [-0.25, -0.2) is 0 Å². The van der Waals surface area contributed by atoms with Crippen molar-refractivity contribution in [1.29, 1.82) is 0 Å². The van der Waals surface area contributed by atoms with Gasteiger partial charge in [0, 0.05) is 28.0 Å². The summed E-state index contributed by atoms with van der Waals surface area (Å²) in [5.41, 5.74) is 3.40. The van der Waals surface area contributed by atoms with Gasteiger partial charge in [-0.3, -0.25) is 29.5 Å². The molecule has 236 valence electrons. The number of likely N-dealkylation sites (tertiary alicyclic amines) is 1. The summed E-state index contributed by atoms with van der Waals surface area (Å²) < 4.78 is 6.07. The number of hydrogen-bond donors (Lipinski definition) is 2. The summed E-state index contributed by atoms with van der Waals surface area (Å²) in [5, 5.41) is 13.0. The van der Waals surface area contributed by atoms with E-state index in [1.165, 1.54) is 31.2 Å². The zero-order chi connectivity index (χ0) is 32.7. The standard InChI is InChI=1S/C34H28BrCl2N3O6/c1-39-30(42)21-10-9-20-22(28(21)32(39)44)15-24-31(43)40(38-26-11-6-18(36)14-25(26)37)33(45)34(24,16-3-7-19(46-2)8-4-16)29(20)23-13-17(35)5-12-27(23)41/h3-9,11-14,21-22,24,28-29,38,41H,10,15H2,1-2H3/t21-,22+,24-,28-,29+,34+/m0/s1. The van der Waals surface area contributed by atoms with Crippen molar-refractivity contribution in [2.75, 3.05) is 19.6 Å². The quantitative estimate of drug-likeness (QED) is 0.242. The van der Waals surface area contributed by atoms with Crippen molar-refractivity contribution in [3.63, 3.8) is 0 Å².